The molecule has 3 N–H and O–H groups in total. The molecular formula is C24H17N5OS. The summed E-state index contributed by atoms with van der Waals surface area (Å²) >= 11 is 1.70. The standard InChI is InChI=1S/C24H17N5OS/c30-24(25-13-16-11-14-5-1-4-8-21(14)31-16)15-9-10-19-20(12-15)27-23(26-19)22-17-6-2-3-7-18(17)28-29-22/h1-12H,13H2,(H,25,30)(H,26,27)(H,28,29). The number of nitrogens with one attached hydrogen (secondary N) is 3. The van der Waals surface area contributed by atoms with E-state index >= 15 is 0 Å². The second-order valence-electron chi connectivity index (χ2n) is 7.37. The average Bonchev–Trinajstić information content (AvgIpc) is 3.52. The van der Waals surface area contributed by atoms with Gasteiger partial charge in [0.1, 0.15) is 5.69 Å². The van der Waals surface area contributed by atoms with Crippen molar-refractivity contribution in [2.45, 2.75) is 6.54 Å². The van der Waals surface area contributed by atoms with Gasteiger partial charge in [0.25, 0.3) is 5.91 Å². The predicted molar refractivity (Wildman–Crippen MR) is 124 cm³/mol. The fourth-order valence-corrected chi connectivity index (χ4v) is 4.80. The highest BCUT2D eigenvalue weighted by atomic mass is 32.1. The van der Waals surface area contributed by atoms with Crippen molar-refractivity contribution in [2.24, 2.45) is 0 Å². The number of carbonyl (C=O) groups is 1. The summed E-state index contributed by atoms with van der Waals surface area (Å²) in [6.45, 7) is 0.504. The topological polar surface area (TPSA) is 86.5 Å². The van der Waals surface area contributed by atoms with Crippen molar-refractivity contribution >= 4 is 49.3 Å². The normalized spacial score (nSPS) is 11.5. The molecule has 0 unspecified atom stereocenters. The van der Waals surface area contributed by atoms with Crippen LogP contribution >= 0.6 is 11.3 Å². The highest BCUT2D eigenvalue weighted by molar-refractivity contribution is 7.19. The van der Waals surface area contributed by atoms with E-state index in [0.717, 1.165) is 32.5 Å². The number of thiophene rings is 1. The number of nitrogens with zero attached hydrogens (tertiary/aromatic N) is 2. The Hall–Kier alpha value is -3.97. The molecular weight excluding hydrogens is 406 g/mol. The molecule has 0 aliphatic heterocycles. The number of imidazole rings is 1. The van der Waals surface area contributed by atoms with Gasteiger partial charge in [0.05, 0.1) is 23.1 Å². The molecule has 150 valence electrons. The van der Waals surface area contributed by atoms with Crippen molar-refractivity contribution in [2.75, 3.05) is 0 Å². The molecule has 6 aromatic rings. The number of carbonyl (C=O) groups excluding carboxylic acids is 1. The van der Waals surface area contributed by atoms with Gasteiger partial charge in [0.2, 0.25) is 0 Å². The van der Waals surface area contributed by atoms with Crippen LogP contribution < -0.4 is 5.32 Å². The zero-order valence-electron chi connectivity index (χ0n) is 16.3. The van der Waals surface area contributed by atoms with Gasteiger partial charge in [0.15, 0.2) is 5.82 Å². The molecule has 0 bridgehead atoms. The number of fused-ring (bicyclic) bond motifs is 3. The molecule has 1 amide bonds. The van der Waals surface area contributed by atoms with E-state index in [-0.39, 0.29) is 5.91 Å². The predicted octanol–water partition coefficient (Wildman–Crippen LogP) is 5.25. The van der Waals surface area contributed by atoms with E-state index in [0.29, 0.717) is 17.9 Å². The van der Waals surface area contributed by atoms with E-state index in [1.165, 1.54) is 10.1 Å². The van der Waals surface area contributed by atoms with Crippen LogP contribution in [0.3, 0.4) is 0 Å². The lowest BCUT2D eigenvalue weighted by Gasteiger charge is -2.03. The molecule has 31 heavy (non-hydrogen) atoms. The SMILES string of the molecule is O=C(NCc1cc2ccccc2s1)c1ccc2nc(-c3n[nH]c4ccccc34)[nH]c2c1. The number of H-pyrrole nitrogens is 2. The Morgan fingerprint density at radius 1 is 0.968 bits per heavy atom. The third-order valence-corrected chi connectivity index (χ3v) is 6.45. The van der Waals surface area contributed by atoms with Crippen LogP contribution in [-0.2, 0) is 6.54 Å². The first-order valence-electron chi connectivity index (χ1n) is 9.93. The minimum absolute atomic E-state index is 0.110. The van der Waals surface area contributed by atoms with Gasteiger partial charge in [-0.1, -0.05) is 36.4 Å². The molecule has 6 nitrogen and oxygen atoms in total. The lowest BCUT2D eigenvalue weighted by atomic mass is 10.2. The maximum absolute atomic E-state index is 12.7. The minimum Gasteiger partial charge on any atom is -0.347 e. The molecule has 6 rings (SSSR count). The van der Waals surface area contributed by atoms with Crippen molar-refractivity contribution in [1.82, 2.24) is 25.5 Å². The third kappa shape index (κ3) is 3.15. The minimum atomic E-state index is -0.110. The summed E-state index contributed by atoms with van der Waals surface area (Å²) in [7, 11) is 0. The Balaban J connectivity index is 1.25. The van der Waals surface area contributed by atoms with E-state index < -0.39 is 0 Å². The molecule has 3 aromatic heterocycles. The first-order chi connectivity index (χ1) is 15.2. The van der Waals surface area contributed by atoms with Gasteiger partial charge < -0.3 is 10.3 Å². The Kier molecular flexibility index (Phi) is 4.07. The lowest BCUT2D eigenvalue weighted by molar-refractivity contribution is 0.0951. The number of aromatic nitrogens is 4. The zero-order chi connectivity index (χ0) is 20.8. The molecule has 7 heteroatoms. The second kappa shape index (κ2) is 7.07. The Bertz CT molecular complexity index is 1540. The van der Waals surface area contributed by atoms with E-state index in [1.807, 2.05) is 48.5 Å². The summed E-state index contributed by atoms with van der Waals surface area (Å²) in [4.78, 5) is 21.8. The van der Waals surface area contributed by atoms with Crippen LogP contribution in [0.25, 0.3) is 43.5 Å². The maximum Gasteiger partial charge on any atom is 0.251 e. The van der Waals surface area contributed by atoms with Crippen molar-refractivity contribution in [1.29, 1.82) is 0 Å². The summed E-state index contributed by atoms with van der Waals surface area (Å²) in [5.41, 5.74) is 3.91. The Morgan fingerprint density at radius 3 is 2.77 bits per heavy atom. The smallest absolute Gasteiger partial charge is 0.251 e. The molecule has 0 radical (unpaired) electrons. The number of amides is 1. The lowest BCUT2D eigenvalue weighted by Crippen LogP contribution is -2.22. The van der Waals surface area contributed by atoms with E-state index in [4.69, 9.17) is 0 Å². The average molecular weight is 424 g/mol. The van der Waals surface area contributed by atoms with Crippen LogP contribution in [-0.4, -0.2) is 26.1 Å². The summed E-state index contributed by atoms with van der Waals surface area (Å²) in [5.74, 6) is 0.566. The van der Waals surface area contributed by atoms with Gasteiger partial charge in [-0.3, -0.25) is 9.89 Å². The highest BCUT2D eigenvalue weighted by Crippen LogP contribution is 2.27. The number of para-hydroxylation sites is 1. The molecule has 0 fully saturated rings. The number of hydrogen-bond donors (Lipinski definition) is 3. The van der Waals surface area contributed by atoms with Gasteiger partial charge in [-0.25, -0.2) is 4.98 Å². The number of rotatable bonds is 4. The van der Waals surface area contributed by atoms with Crippen molar-refractivity contribution in [3.63, 3.8) is 0 Å². The monoisotopic (exact) mass is 423 g/mol. The first-order valence-corrected chi connectivity index (χ1v) is 10.8. The van der Waals surface area contributed by atoms with Crippen molar-refractivity contribution < 1.29 is 4.79 Å². The van der Waals surface area contributed by atoms with Gasteiger partial charge in [0, 0.05) is 20.5 Å². The number of benzene rings is 3. The van der Waals surface area contributed by atoms with Crippen LogP contribution in [0.1, 0.15) is 15.2 Å². The van der Waals surface area contributed by atoms with Gasteiger partial charge in [-0.2, -0.15) is 5.10 Å². The van der Waals surface area contributed by atoms with Crippen LogP contribution in [0.15, 0.2) is 72.8 Å². The van der Waals surface area contributed by atoms with Crippen LogP contribution in [0, 0.1) is 0 Å². The van der Waals surface area contributed by atoms with E-state index in [1.54, 1.807) is 17.4 Å². The third-order valence-electron chi connectivity index (χ3n) is 5.34. The zero-order valence-corrected chi connectivity index (χ0v) is 17.2. The van der Waals surface area contributed by atoms with Crippen LogP contribution in [0.4, 0.5) is 0 Å². The first kappa shape index (κ1) is 17.9. The molecule has 0 aliphatic carbocycles. The summed E-state index contributed by atoms with van der Waals surface area (Å²) < 4.78 is 1.23. The second-order valence-corrected chi connectivity index (χ2v) is 8.54. The highest BCUT2D eigenvalue weighted by Gasteiger charge is 2.14. The number of hydrogen-bond acceptors (Lipinski definition) is 4. The molecule has 3 heterocycles. The molecule has 0 aliphatic rings. The molecule has 0 saturated carbocycles. The van der Waals surface area contributed by atoms with E-state index in [9.17, 15) is 4.79 Å². The maximum atomic E-state index is 12.7. The molecule has 0 saturated heterocycles. The summed E-state index contributed by atoms with van der Waals surface area (Å²) in [6.07, 6.45) is 0. The van der Waals surface area contributed by atoms with Gasteiger partial charge in [-0.15, -0.1) is 11.3 Å². The van der Waals surface area contributed by atoms with Gasteiger partial charge in [-0.05, 0) is 41.8 Å². The quantitative estimate of drug-likeness (QED) is 0.362. The summed E-state index contributed by atoms with van der Waals surface area (Å²) in [5, 5.41) is 12.7. The van der Waals surface area contributed by atoms with Crippen molar-refractivity contribution in [3.8, 4) is 11.5 Å². The fraction of sp³-hybridized carbons (Fsp3) is 0.0417. The van der Waals surface area contributed by atoms with Crippen LogP contribution in [0.5, 0.6) is 0 Å². The van der Waals surface area contributed by atoms with E-state index in [2.05, 4.69) is 43.7 Å². The Morgan fingerprint density at radius 2 is 1.84 bits per heavy atom. The Labute approximate surface area is 180 Å². The molecule has 3 aromatic carbocycles. The fourth-order valence-electron chi connectivity index (χ4n) is 3.80. The number of aromatic amines is 2. The van der Waals surface area contributed by atoms with Crippen molar-refractivity contribution in [3.05, 3.63) is 83.2 Å². The van der Waals surface area contributed by atoms with Gasteiger partial charge >= 0.3 is 0 Å². The summed E-state index contributed by atoms with van der Waals surface area (Å²) in [6, 6.07) is 23.8. The molecule has 0 atom stereocenters. The molecule has 0 spiro atoms. The van der Waals surface area contributed by atoms with Crippen LogP contribution in [0.2, 0.25) is 0 Å². The largest absolute Gasteiger partial charge is 0.347 e.